The monoisotopic (exact) mass is 393 g/mol. The van der Waals surface area contributed by atoms with Gasteiger partial charge in [-0.2, -0.15) is 5.10 Å². The van der Waals surface area contributed by atoms with Gasteiger partial charge in [-0.1, -0.05) is 49.6 Å². The fourth-order valence-electron chi connectivity index (χ4n) is 3.29. The summed E-state index contributed by atoms with van der Waals surface area (Å²) < 4.78 is 5.74. The summed E-state index contributed by atoms with van der Waals surface area (Å²) in [5.74, 6) is 0.436. The van der Waals surface area contributed by atoms with E-state index in [9.17, 15) is 9.59 Å². The number of hydrogen-bond acceptors (Lipinski definition) is 4. The Bertz CT molecular complexity index is 813. The van der Waals surface area contributed by atoms with E-state index in [2.05, 4.69) is 15.8 Å². The van der Waals surface area contributed by atoms with Crippen LogP contribution in [0.1, 0.15) is 43.2 Å². The normalized spacial score (nSPS) is 14.5. The van der Waals surface area contributed by atoms with Crippen molar-refractivity contribution in [2.75, 3.05) is 6.54 Å². The quantitative estimate of drug-likeness (QED) is 0.533. The molecule has 0 saturated heterocycles. The van der Waals surface area contributed by atoms with Gasteiger partial charge in [-0.05, 0) is 48.2 Å². The Balaban J connectivity index is 1.37. The lowest BCUT2D eigenvalue weighted by Gasteiger charge is -2.20. The number of nitrogens with one attached hydrogen (secondary N) is 2. The Hall–Kier alpha value is -3.15. The highest BCUT2D eigenvalue weighted by molar-refractivity contribution is 5.87. The predicted octanol–water partition coefficient (Wildman–Crippen LogP) is 3.41. The zero-order valence-electron chi connectivity index (χ0n) is 16.5. The smallest absolute Gasteiger partial charge is 0.259 e. The van der Waals surface area contributed by atoms with Crippen molar-refractivity contribution in [3.63, 3.8) is 0 Å². The largest absolute Gasteiger partial charge is 0.489 e. The number of amides is 2. The molecule has 1 saturated carbocycles. The van der Waals surface area contributed by atoms with Gasteiger partial charge < -0.3 is 10.1 Å². The maximum absolute atomic E-state index is 12.0. The molecule has 2 aromatic carbocycles. The van der Waals surface area contributed by atoms with E-state index in [0.29, 0.717) is 6.61 Å². The molecule has 6 nitrogen and oxygen atoms in total. The summed E-state index contributed by atoms with van der Waals surface area (Å²) in [6.45, 7) is 0.454. The third-order valence-electron chi connectivity index (χ3n) is 4.93. The molecule has 0 atom stereocenters. The Morgan fingerprint density at radius 1 is 1.00 bits per heavy atom. The number of ether oxygens (including phenoxy) is 1. The van der Waals surface area contributed by atoms with Crippen molar-refractivity contribution in [1.29, 1.82) is 0 Å². The van der Waals surface area contributed by atoms with Crippen LogP contribution in [0, 0.1) is 5.92 Å². The first-order chi connectivity index (χ1) is 14.2. The van der Waals surface area contributed by atoms with Gasteiger partial charge in [0, 0.05) is 5.92 Å². The summed E-state index contributed by atoms with van der Waals surface area (Å²) in [6.07, 6.45) is 6.75. The van der Waals surface area contributed by atoms with E-state index >= 15 is 0 Å². The van der Waals surface area contributed by atoms with Crippen LogP contribution in [0.2, 0.25) is 0 Å². The van der Waals surface area contributed by atoms with Gasteiger partial charge in [0.05, 0.1) is 12.8 Å². The molecule has 29 heavy (non-hydrogen) atoms. The third-order valence-corrected chi connectivity index (χ3v) is 4.93. The number of carbonyl (C=O) groups is 2. The highest BCUT2D eigenvalue weighted by Crippen LogP contribution is 2.23. The summed E-state index contributed by atoms with van der Waals surface area (Å²) in [7, 11) is 0. The summed E-state index contributed by atoms with van der Waals surface area (Å²) >= 11 is 0. The van der Waals surface area contributed by atoms with E-state index in [0.717, 1.165) is 42.6 Å². The zero-order valence-corrected chi connectivity index (χ0v) is 16.5. The van der Waals surface area contributed by atoms with Crippen LogP contribution in [0.5, 0.6) is 5.75 Å². The summed E-state index contributed by atoms with van der Waals surface area (Å²) in [4.78, 5) is 23.9. The zero-order chi connectivity index (χ0) is 20.3. The topological polar surface area (TPSA) is 79.8 Å². The van der Waals surface area contributed by atoms with Crippen molar-refractivity contribution in [2.24, 2.45) is 11.0 Å². The minimum atomic E-state index is -0.340. The Kier molecular flexibility index (Phi) is 7.81. The van der Waals surface area contributed by atoms with Crippen LogP contribution in [-0.4, -0.2) is 24.6 Å². The van der Waals surface area contributed by atoms with Crippen molar-refractivity contribution < 1.29 is 14.3 Å². The van der Waals surface area contributed by atoms with Gasteiger partial charge in [-0.25, -0.2) is 5.43 Å². The fourth-order valence-corrected chi connectivity index (χ4v) is 3.29. The molecule has 2 aromatic rings. The minimum Gasteiger partial charge on any atom is -0.489 e. The van der Waals surface area contributed by atoms with Gasteiger partial charge >= 0.3 is 0 Å². The average Bonchev–Trinajstić information content (AvgIpc) is 2.78. The molecule has 6 heteroatoms. The van der Waals surface area contributed by atoms with Crippen molar-refractivity contribution in [2.45, 2.75) is 38.7 Å². The standard InChI is InChI=1S/C23H27N3O3/c27-22(16-24-23(28)20-9-5-2-6-10-20)26-25-15-18-11-13-21(14-12-18)29-17-19-7-3-1-4-8-19/h1,3-4,7-8,11-15,20H,2,5-6,9-10,16-17H2,(H,24,28)(H,26,27)/b25-15+. The molecule has 1 fully saturated rings. The van der Waals surface area contributed by atoms with Gasteiger partial charge in [0.15, 0.2) is 0 Å². The second-order valence-electron chi connectivity index (χ2n) is 7.19. The Morgan fingerprint density at radius 3 is 2.45 bits per heavy atom. The van der Waals surface area contributed by atoms with Crippen LogP contribution in [0.4, 0.5) is 0 Å². The molecular weight excluding hydrogens is 366 g/mol. The van der Waals surface area contributed by atoms with Crippen LogP contribution < -0.4 is 15.5 Å². The molecule has 1 aliphatic carbocycles. The number of rotatable bonds is 8. The molecule has 2 N–H and O–H groups in total. The van der Waals surface area contributed by atoms with E-state index in [1.54, 1.807) is 6.21 Å². The minimum absolute atomic E-state index is 0.0325. The van der Waals surface area contributed by atoms with E-state index in [1.165, 1.54) is 6.42 Å². The van der Waals surface area contributed by atoms with Gasteiger partial charge in [0.1, 0.15) is 12.4 Å². The van der Waals surface area contributed by atoms with Crippen molar-refractivity contribution in [1.82, 2.24) is 10.7 Å². The molecule has 0 aromatic heterocycles. The number of benzene rings is 2. The SMILES string of the molecule is O=C(CNC(=O)C1CCCCC1)N/N=C/c1ccc(OCc2ccccc2)cc1. The Labute approximate surface area is 171 Å². The van der Waals surface area contributed by atoms with Gasteiger partial charge in [-0.3, -0.25) is 9.59 Å². The second kappa shape index (κ2) is 11.0. The van der Waals surface area contributed by atoms with Crippen LogP contribution in [0.15, 0.2) is 59.7 Å². The van der Waals surface area contributed by atoms with Gasteiger partial charge in [0.25, 0.3) is 5.91 Å². The first kappa shape index (κ1) is 20.6. The first-order valence-electron chi connectivity index (χ1n) is 10.1. The maximum Gasteiger partial charge on any atom is 0.259 e. The molecular formula is C23H27N3O3. The highest BCUT2D eigenvalue weighted by Gasteiger charge is 2.21. The van der Waals surface area contributed by atoms with Crippen LogP contribution in [0.25, 0.3) is 0 Å². The number of nitrogens with zero attached hydrogens (tertiary/aromatic N) is 1. The van der Waals surface area contributed by atoms with Crippen molar-refractivity contribution in [3.8, 4) is 5.75 Å². The van der Waals surface area contributed by atoms with E-state index in [4.69, 9.17) is 4.74 Å². The lowest BCUT2D eigenvalue weighted by molar-refractivity contribution is -0.129. The lowest BCUT2D eigenvalue weighted by Crippen LogP contribution is -2.38. The number of hydrazone groups is 1. The van der Waals surface area contributed by atoms with E-state index in [1.807, 2.05) is 54.6 Å². The molecule has 0 aliphatic heterocycles. The average molecular weight is 393 g/mol. The molecule has 152 valence electrons. The van der Waals surface area contributed by atoms with Crippen LogP contribution in [-0.2, 0) is 16.2 Å². The predicted molar refractivity (Wildman–Crippen MR) is 113 cm³/mol. The second-order valence-corrected chi connectivity index (χ2v) is 7.19. The van der Waals surface area contributed by atoms with E-state index < -0.39 is 0 Å². The van der Waals surface area contributed by atoms with E-state index in [-0.39, 0.29) is 24.3 Å². The van der Waals surface area contributed by atoms with Gasteiger partial charge in [0.2, 0.25) is 5.91 Å². The highest BCUT2D eigenvalue weighted by atomic mass is 16.5. The fraction of sp³-hybridized carbons (Fsp3) is 0.348. The molecule has 2 amide bonds. The summed E-state index contributed by atoms with van der Waals surface area (Å²) in [6, 6.07) is 17.4. The first-order valence-corrected chi connectivity index (χ1v) is 10.1. The number of carbonyl (C=O) groups excluding carboxylic acids is 2. The maximum atomic E-state index is 12.0. The molecule has 0 heterocycles. The summed E-state index contributed by atoms with van der Waals surface area (Å²) in [5, 5.41) is 6.63. The molecule has 0 bridgehead atoms. The third kappa shape index (κ3) is 7.07. The van der Waals surface area contributed by atoms with Gasteiger partial charge in [-0.15, -0.1) is 0 Å². The Morgan fingerprint density at radius 2 is 1.72 bits per heavy atom. The van der Waals surface area contributed by atoms with Crippen molar-refractivity contribution >= 4 is 18.0 Å². The lowest BCUT2D eigenvalue weighted by atomic mass is 9.89. The molecule has 0 unspecified atom stereocenters. The van der Waals surface area contributed by atoms with Crippen molar-refractivity contribution in [3.05, 3.63) is 65.7 Å². The number of hydrogen-bond donors (Lipinski definition) is 2. The summed E-state index contributed by atoms with van der Waals surface area (Å²) in [5.41, 5.74) is 4.38. The van der Waals surface area contributed by atoms with Crippen LogP contribution in [0.3, 0.4) is 0 Å². The molecule has 3 rings (SSSR count). The molecule has 1 aliphatic rings. The molecule has 0 radical (unpaired) electrons. The molecule has 0 spiro atoms. The van der Waals surface area contributed by atoms with Crippen LogP contribution >= 0.6 is 0 Å².